The molecule has 1 fully saturated rings. The van der Waals surface area contributed by atoms with E-state index >= 15 is 0 Å². The molecule has 1 aliphatic rings. The fourth-order valence-electron chi connectivity index (χ4n) is 2.17. The average molecular weight is 299 g/mol. The number of nitro groups is 1. The van der Waals surface area contributed by atoms with Crippen LogP contribution in [0.2, 0.25) is 0 Å². The lowest BCUT2D eigenvalue weighted by Crippen LogP contribution is -2.51. The van der Waals surface area contributed by atoms with Crippen LogP contribution in [-0.4, -0.2) is 43.3 Å². The highest BCUT2D eigenvalue weighted by atomic mass is 32.2. The van der Waals surface area contributed by atoms with Crippen molar-refractivity contribution >= 4 is 15.7 Å². The first kappa shape index (κ1) is 14.9. The maximum absolute atomic E-state index is 12.3. The highest BCUT2D eigenvalue weighted by Gasteiger charge is 2.26. The molecule has 0 amide bonds. The molecule has 7 nitrogen and oxygen atoms in total. The molecule has 0 aliphatic carbocycles. The summed E-state index contributed by atoms with van der Waals surface area (Å²) in [6, 6.07) is 5.76. The third-order valence-electron chi connectivity index (χ3n) is 3.22. The van der Waals surface area contributed by atoms with Crippen LogP contribution < -0.4 is 5.32 Å². The van der Waals surface area contributed by atoms with Crippen molar-refractivity contribution in [3.05, 3.63) is 39.9 Å². The van der Waals surface area contributed by atoms with Gasteiger partial charge in [-0.25, -0.2) is 8.42 Å². The van der Waals surface area contributed by atoms with Crippen molar-refractivity contribution in [1.82, 2.24) is 9.62 Å². The highest BCUT2D eigenvalue weighted by Crippen LogP contribution is 2.16. The molecule has 1 saturated heterocycles. The van der Waals surface area contributed by atoms with Gasteiger partial charge in [0, 0.05) is 37.8 Å². The van der Waals surface area contributed by atoms with Crippen LogP contribution in [0.15, 0.2) is 24.3 Å². The number of non-ortho nitro benzene ring substituents is 1. The smallest absolute Gasteiger partial charge is 0.269 e. The van der Waals surface area contributed by atoms with Crippen molar-refractivity contribution in [2.75, 3.05) is 19.6 Å². The van der Waals surface area contributed by atoms with E-state index in [2.05, 4.69) is 5.32 Å². The lowest BCUT2D eigenvalue weighted by Gasteiger charge is -2.31. The maximum Gasteiger partial charge on any atom is 0.269 e. The molecule has 1 N–H and O–H groups in total. The summed E-state index contributed by atoms with van der Waals surface area (Å²) >= 11 is 0. The third-order valence-corrected chi connectivity index (χ3v) is 5.04. The molecular formula is C12H17N3O4S. The Bertz CT molecular complexity index is 585. The Kier molecular flexibility index (Phi) is 4.36. The topological polar surface area (TPSA) is 92.5 Å². The molecule has 1 atom stereocenters. The van der Waals surface area contributed by atoms with Crippen LogP contribution in [0.3, 0.4) is 0 Å². The molecule has 1 aromatic carbocycles. The Labute approximate surface area is 117 Å². The summed E-state index contributed by atoms with van der Waals surface area (Å²) in [5, 5.41) is 13.7. The monoisotopic (exact) mass is 299 g/mol. The van der Waals surface area contributed by atoms with E-state index < -0.39 is 14.9 Å². The number of nitrogens with zero attached hydrogens (tertiary/aromatic N) is 2. The second-order valence-corrected chi connectivity index (χ2v) is 6.86. The van der Waals surface area contributed by atoms with Gasteiger partial charge in [-0.05, 0) is 12.5 Å². The highest BCUT2D eigenvalue weighted by molar-refractivity contribution is 7.88. The van der Waals surface area contributed by atoms with Gasteiger partial charge in [0.05, 0.1) is 10.7 Å². The Morgan fingerprint density at radius 2 is 2.05 bits per heavy atom. The first-order valence-corrected chi connectivity index (χ1v) is 7.94. The second-order valence-electron chi connectivity index (χ2n) is 4.89. The number of piperazine rings is 1. The number of benzene rings is 1. The van der Waals surface area contributed by atoms with Crippen LogP contribution in [-0.2, 0) is 15.8 Å². The standard InChI is InChI=1S/C12H17N3O4S/c1-10-8-14(7-6-13-10)20(18,19)9-11-2-4-12(5-3-11)15(16)17/h2-5,10,13H,6-9H2,1H3/t10-/m0/s1. The molecule has 2 rings (SSSR count). The molecule has 0 saturated carbocycles. The molecule has 1 aliphatic heterocycles. The van der Waals surface area contributed by atoms with E-state index in [9.17, 15) is 18.5 Å². The summed E-state index contributed by atoms with van der Waals surface area (Å²) in [7, 11) is -3.38. The van der Waals surface area contributed by atoms with Crippen molar-refractivity contribution < 1.29 is 13.3 Å². The van der Waals surface area contributed by atoms with E-state index in [1.54, 1.807) is 0 Å². The lowest BCUT2D eigenvalue weighted by molar-refractivity contribution is -0.384. The van der Waals surface area contributed by atoms with E-state index in [0.29, 0.717) is 25.2 Å². The molecule has 8 heteroatoms. The number of rotatable bonds is 4. The summed E-state index contributed by atoms with van der Waals surface area (Å²) in [4.78, 5) is 10.0. The molecule has 0 radical (unpaired) electrons. The fourth-order valence-corrected chi connectivity index (χ4v) is 3.78. The number of hydrogen-bond donors (Lipinski definition) is 1. The van der Waals surface area contributed by atoms with Crippen LogP contribution in [0, 0.1) is 10.1 Å². The second kappa shape index (κ2) is 5.86. The Morgan fingerprint density at radius 1 is 1.40 bits per heavy atom. The van der Waals surface area contributed by atoms with E-state index in [0.717, 1.165) is 0 Å². The van der Waals surface area contributed by atoms with Gasteiger partial charge < -0.3 is 5.32 Å². The Balaban J connectivity index is 2.09. The molecule has 0 unspecified atom stereocenters. The van der Waals surface area contributed by atoms with Gasteiger partial charge in [0.1, 0.15) is 0 Å². The number of nitro benzene ring substituents is 1. The minimum absolute atomic E-state index is 0.0399. The largest absolute Gasteiger partial charge is 0.312 e. The van der Waals surface area contributed by atoms with Gasteiger partial charge in [0.15, 0.2) is 0 Å². The first-order valence-electron chi connectivity index (χ1n) is 6.33. The minimum atomic E-state index is -3.38. The van der Waals surface area contributed by atoms with Gasteiger partial charge in [-0.3, -0.25) is 10.1 Å². The number of sulfonamides is 1. The Morgan fingerprint density at radius 3 is 2.60 bits per heavy atom. The molecule has 20 heavy (non-hydrogen) atoms. The number of nitrogens with one attached hydrogen (secondary N) is 1. The summed E-state index contributed by atoms with van der Waals surface area (Å²) < 4.78 is 26.0. The molecule has 110 valence electrons. The summed E-state index contributed by atoms with van der Waals surface area (Å²) in [6.07, 6.45) is 0. The van der Waals surface area contributed by atoms with Crippen LogP contribution in [0.4, 0.5) is 5.69 Å². The van der Waals surface area contributed by atoms with Crippen LogP contribution in [0.1, 0.15) is 12.5 Å². The summed E-state index contributed by atoms with van der Waals surface area (Å²) in [6.45, 7) is 3.49. The van der Waals surface area contributed by atoms with Crippen LogP contribution in [0.25, 0.3) is 0 Å². The SMILES string of the molecule is C[C@H]1CN(S(=O)(=O)Cc2ccc([N+](=O)[O-])cc2)CCN1. The van der Waals surface area contributed by atoms with E-state index in [4.69, 9.17) is 0 Å². The van der Waals surface area contributed by atoms with E-state index in [1.165, 1.54) is 28.6 Å². The van der Waals surface area contributed by atoms with Crippen molar-refractivity contribution in [1.29, 1.82) is 0 Å². The molecule has 0 spiro atoms. The van der Waals surface area contributed by atoms with Crippen LogP contribution >= 0.6 is 0 Å². The fraction of sp³-hybridized carbons (Fsp3) is 0.500. The van der Waals surface area contributed by atoms with Gasteiger partial charge in [-0.1, -0.05) is 12.1 Å². The van der Waals surface area contributed by atoms with Gasteiger partial charge in [0.2, 0.25) is 10.0 Å². The molecular weight excluding hydrogens is 282 g/mol. The third kappa shape index (κ3) is 3.53. The Hall–Kier alpha value is -1.51. The normalized spacial score (nSPS) is 20.8. The van der Waals surface area contributed by atoms with Crippen molar-refractivity contribution in [2.45, 2.75) is 18.7 Å². The summed E-state index contributed by atoms with van der Waals surface area (Å²) in [5.41, 5.74) is 0.517. The van der Waals surface area contributed by atoms with Gasteiger partial charge >= 0.3 is 0 Å². The van der Waals surface area contributed by atoms with Gasteiger partial charge in [-0.2, -0.15) is 4.31 Å². The zero-order valence-corrected chi connectivity index (χ0v) is 12.0. The molecule has 0 aromatic heterocycles. The van der Waals surface area contributed by atoms with Crippen molar-refractivity contribution in [3.8, 4) is 0 Å². The molecule has 0 bridgehead atoms. The quantitative estimate of drug-likeness (QED) is 0.653. The van der Waals surface area contributed by atoms with Crippen molar-refractivity contribution in [2.24, 2.45) is 0 Å². The zero-order chi connectivity index (χ0) is 14.8. The predicted octanol–water partition coefficient (Wildman–Crippen LogP) is 0.718. The summed E-state index contributed by atoms with van der Waals surface area (Å²) in [5.74, 6) is -0.127. The van der Waals surface area contributed by atoms with Gasteiger partial charge in [-0.15, -0.1) is 0 Å². The van der Waals surface area contributed by atoms with Crippen molar-refractivity contribution in [3.63, 3.8) is 0 Å². The van der Waals surface area contributed by atoms with E-state index in [1.807, 2.05) is 6.92 Å². The number of hydrogen-bond acceptors (Lipinski definition) is 5. The molecule has 1 aromatic rings. The average Bonchev–Trinajstić information content (AvgIpc) is 2.39. The lowest BCUT2D eigenvalue weighted by atomic mass is 10.2. The predicted molar refractivity (Wildman–Crippen MR) is 74.8 cm³/mol. The minimum Gasteiger partial charge on any atom is -0.312 e. The van der Waals surface area contributed by atoms with Gasteiger partial charge in [0.25, 0.3) is 5.69 Å². The maximum atomic E-state index is 12.3. The van der Waals surface area contributed by atoms with Crippen LogP contribution in [0.5, 0.6) is 0 Å². The zero-order valence-electron chi connectivity index (χ0n) is 11.2. The first-order chi connectivity index (χ1) is 9.38. The van der Waals surface area contributed by atoms with E-state index in [-0.39, 0.29) is 17.5 Å². The molecule has 1 heterocycles.